The summed E-state index contributed by atoms with van der Waals surface area (Å²) in [5.41, 5.74) is 3.33. The van der Waals surface area contributed by atoms with Crippen LogP contribution in [0.4, 0.5) is 5.69 Å². The van der Waals surface area contributed by atoms with Crippen molar-refractivity contribution in [2.24, 2.45) is 0 Å². The molecule has 0 bridgehead atoms. The topological polar surface area (TPSA) is 46.9 Å². The molecule has 0 aromatic heterocycles. The van der Waals surface area contributed by atoms with Gasteiger partial charge >= 0.3 is 0 Å². The van der Waals surface area contributed by atoms with Gasteiger partial charge in [-0.05, 0) is 13.0 Å². The normalized spacial score (nSPS) is 17.2. The number of anilines is 1. The van der Waals surface area contributed by atoms with E-state index in [2.05, 4.69) is 28.0 Å². The first-order chi connectivity index (χ1) is 8.74. The molecule has 2 N–H and O–H groups in total. The Balaban J connectivity index is 2.05. The molecule has 0 unspecified atom stereocenters. The van der Waals surface area contributed by atoms with Gasteiger partial charge in [-0.15, -0.1) is 0 Å². The van der Waals surface area contributed by atoms with Crippen LogP contribution in [0.1, 0.15) is 11.1 Å². The van der Waals surface area contributed by atoms with E-state index in [4.69, 9.17) is 5.11 Å². The molecule has 0 amide bonds. The van der Waals surface area contributed by atoms with Crippen LogP contribution in [-0.2, 0) is 6.61 Å². The molecule has 4 nitrogen and oxygen atoms in total. The molecule has 1 fully saturated rings. The van der Waals surface area contributed by atoms with Gasteiger partial charge < -0.3 is 15.1 Å². The molecule has 1 saturated heterocycles. The van der Waals surface area contributed by atoms with Crippen molar-refractivity contribution in [2.45, 2.75) is 13.5 Å². The van der Waals surface area contributed by atoms with Crippen molar-refractivity contribution >= 4 is 5.69 Å². The number of benzene rings is 1. The lowest BCUT2D eigenvalue weighted by atomic mass is 10.1. The fourth-order valence-corrected chi connectivity index (χ4v) is 2.50. The summed E-state index contributed by atoms with van der Waals surface area (Å²) in [6.07, 6.45) is 0. The number of piperazine rings is 1. The Morgan fingerprint density at radius 1 is 1.11 bits per heavy atom. The predicted molar refractivity (Wildman–Crippen MR) is 72.8 cm³/mol. The highest BCUT2D eigenvalue weighted by atomic mass is 16.3. The maximum Gasteiger partial charge on any atom is 0.0702 e. The van der Waals surface area contributed by atoms with E-state index in [0.29, 0.717) is 0 Å². The summed E-state index contributed by atoms with van der Waals surface area (Å²) in [6, 6.07) is 6.24. The Bertz CT molecular complexity index is 387. The van der Waals surface area contributed by atoms with Crippen LogP contribution in [0.2, 0.25) is 0 Å². The molecule has 0 aliphatic carbocycles. The van der Waals surface area contributed by atoms with Crippen LogP contribution in [0.5, 0.6) is 0 Å². The molecule has 0 saturated carbocycles. The fourth-order valence-electron chi connectivity index (χ4n) is 2.50. The van der Waals surface area contributed by atoms with Crippen molar-refractivity contribution in [3.8, 4) is 0 Å². The Morgan fingerprint density at radius 2 is 1.83 bits per heavy atom. The smallest absolute Gasteiger partial charge is 0.0702 e. The van der Waals surface area contributed by atoms with Crippen LogP contribution < -0.4 is 4.90 Å². The number of aryl methyl sites for hydroxylation is 1. The molecule has 100 valence electrons. The Hall–Kier alpha value is -1.10. The van der Waals surface area contributed by atoms with Crippen molar-refractivity contribution in [3.05, 3.63) is 29.3 Å². The zero-order valence-electron chi connectivity index (χ0n) is 11.0. The molecule has 0 atom stereocenters. The van der Waals surface area contributed by atoms with E-state index in [0.717, 1.165) is 44.0 Å². The zero-order valence-corrected chi connectivity index (χ0v) is 11.0. The second-order valence-electron chi connectivity index (χ2n) is 4.84. The summed E-state index contributed by atoms with van der Waals surface area (Å²) in [7, 11) is 0. The minimum absolute atomic E-state index is 0.0911. The Labute approximate surface area is 108 Å². The van der Waals surface area contributed by atoms with Crippen LogP contribution in [0.25, 0.3) is 0 Å². The van der Waals surface area contributed by atoms with Crippen molar-refractivity contribution in [1.82, 2.24) is 4.90 Å². The minimum atomic E-state index is 0.0911. The Morgan fingerprint density at radius 3 is 2.44 bits per heavy atom. The first-order valence-corrected chi connectivity index (χ1v) is 6.53. The van der Waals surface area contributed by atoms with Gasteiger partial charge in [-0.25, -0.2) is 0 Å². The van der Waals surface area contributed by atoms with E-state index in [9.17, 15) is 5.11 Å². The highest BCUT2D eigenvalue weighted by Gasteiger charge is 2.18. The fraction of sp³-hybridized carbons (Fsp3) is 0.571. The maximum atomic E-state index is 9.44. The summed E-state index contributed by atoms with van der Waals surface area (Å²) in [5, 5.41) is 18.4. The molecule has 1 aliphatic heterocycles. The number of nitrogens with zero attached hydrogens (tertiary/aromatic N) is 2. The lowest BCUT2D eigenvalue weighted by Gasteiger charge is -2.36. The molecule has 18 heavy (non-hydrogen) atoms. The van der Waals surface area contributed by atoms with Gasteiger partial charge in [-0.1, -0.05) is 17.7 Å². The largest absolute Gasteiger partial charge is 0.395 e. The molecule has 1 aromatic rings. The van der Waals surface area contributed by atoms with Gasteiger partial charge in [-0.3, -0.25) is 4.90 Å². The van der Waals surface area contributed by atoms with Gasteiger partial charge in [0.05, 0.1) is 13.2 Å². The SMILES string of the molecule is Cc1ccc(N2CCN(CCO)CC2)c(CO)c1. The molecule has 0 spiro atoms. The number of hydrogen-bond acceptors (Lipinski definition) is 4. The summed E-state index contributed by atoms with van der Waals surface area (Å²) < 4.78 is 0. The predicted octanol–water partition coefficient (Wildman–Crippen LogP) is 0.602. The monoisotopic (exact) mass is 250 g/mol. The van der Waals surface area contributed by atoms with Gasteiger partial charge in [0.2, 0.25) is 0 Å². The first kappa shape index (κ1) is 13.3. The summed E-state index contributed by atoms with van der Waals surface area (Å²) >= 11 is 0. The van der Waals surface area contributed by atoms with Crippen LogP contribution in [0, 0.1) is 6.92 Å². The van der Waals surface area contributed by atoms with E-state index in [1.54, 1.807) is 0 Å². The highest BCUT2D eigenvalue weighted by molar-refractivity contribution is 5.55. The van der Waals surface area contributed by atoms with Crippen LogP contribution in [-0.4, -0.2) is 54.4 Å². The third kappa shape index (κ3) is 3.02. The molecule has 2 rings (SSSR count). The standard InChI is InChI=1S/C14H22N2O2/c1-12-2-3-14(13(10-12)11-18)16-6-4-15(5-7-16)8-9-17/h2-3,10,17-18H,4-9,11H2,1H3. The zero-order chi connectivity index (χ0) is 13.0. The lowest BCUT2D eigenvalue weighted by molar-refractivity contribution is 0.188. The van der Waals surface area contributed by atoms with Gasteiger partial charge in [0.15, 0.2) is 0 Å². The van der Waals surface area contributed by atoms with Crippen molar-refractivity contribution < 1.29 is 10.2 Å². The summed E-state index contributed by atoms with van der Waals surface area (Å²) in [5.74, 6) is 0. The van der Waals surface area contributed by atoms with Gasteiger partial charge in [0, 0.05) is 44.0 Å². The van der Waals surface area contributed by atoms with Crippen LogP contribution in [0.15, 0.2) is 18.2 Å². The molecule has 1 aliphatic rings. The second kappa shape index (κ2) is 6.18. The van der Waals surface area contributed by atoms with E-state index in [-0.39, 0.29) is 13.2 Å². The van der Waals surface area contributed by atoms with Gasteiger partial charge in [0.1, 0.15) is 0 Å². The average molecular weight is 250 g/mol. The maximum absolute atomic E-state index is 9.44. The molecule has 0 radical (unpaired) electrons. The van der Waals surface area contributed by atoms with Crippen molar-refractivity contribution in [3.63, 3.8) is 0 Å². The van der Waals surface area contributed by atoms with E-state index in [1.807, 2.05) is 6.92 Å². The number of aliphatic hydroxyl groups is 2. The molecular formula is C14H22N2O2. The quantitative estimate of drug-likeness (QED) is 0.821. The summed E-state index contributed by atoms with van der Waals surface area (Å²) in [4.78, 5) is 4.59. The van der Waals surface area contributed by atoms with E-state index >= 15 is 0 Å². The minimum Gasteiger partial charge on any atom is -0.395 e. The number of aliphatic hydroxyl groups excluding tert-OH is 2. The Kier molecular flexibility index (Phi) is 4.58. The second-order valence-corrected chi connectivity index (χ2v) is 4.84. The van der Waals surface area contributed by atoms with Gasteiger partial charge in [-0.2, -0.15) is 0 Å². The van der Waals surface area contributed by atoms with Crippen LogP contribution >= 0.6 is 0 Å². The third-order valence-corrected chi connectivity index (χ3v) is 3.53. The molecular weight excluding hydrogens is 228 g/mol. The molecule has 1 aromatic carbocycles. The number of hydrogen-bond donors (Lipinski definition) is 2. The number of rotatable bonds is 4. The van der Waals surface area contributed by atoms with Crippen molar-refractivity contribution in [2.75, 3.05) is 44.2 Å². The molecule has 1 heterocycles. The van der Waals surface area contributed by atoms with E-state index < -0.39 is 0 Å². The first-order valence-electron chi connectivity index (χ1n) is 6.53. The van der Waals surface area contributed by atoms with Gasteiger partial charge in [0.25, 0.3) is 0 Å². The average Bonchev–Trinajstić information content (AvgIpc) is 2.40. The summed E-state index contributed by atoms with van der Waals surface area (Å²) in [6.45, 7) is 6.97. The lowest BCUT2D eigenvalue weighted by Crippen LogP contribution is -2.47. The van der Waals surface area contributed by atoms with E-state index in [1.165, 1.54) is 5.56 Å². The van der Waals surface area contributed by atoms with Crippen molar-refractivity contribution in [1.29, 1.82) is 0 Å². The van der Waals surface area contributed by atoms with Crippen LogP contribution in [0.3, 0.4) is 0 Å². The number of β-amino-alcohol motifs (C(OH)–C–C–N with tert-alkyl or cyclic N) is 1. The molecule has 4 heteroatoms. The third-order valence-electron chi connectivity index (χ3n) is 3.53. The highest BCUT2D eigenvalue weighted by Crippen LogP contribution is 2.23.